The Morgan fingerprint density at radius 3 is 2.68 bits per heavy atom. The topological polar surface area (TPSA) is 94.9 Å². The van der Waals surface area contributed by atoms with Crippen molar-refractivity contribution < 1.29 is 18.4 Å². The molecule has 5 fully saturated rings. The van der Waals surface area contributed by atoms with Crippen molar-refractivity contribution in [2.24, 2.45) is 11.7 Å². The largest absolute Gasteiger partial charge is 0.374 e. The van der Waals surface area contributed by atoms with E-state index < -0.39 is 18.3 Å². The van der Waals surface area contributed by atoms with Gasteiger partial charge in [0.1, 0.15) is 24.5 Å². The molecule has 10 heteroatoms. The minimum atomic E-state index is -0.869. The monoisotopic (exact) mass is 534 g/mol. The van der Waals surface area contributed by atoms with E-state index in [9.17, 15) is 9.18 Å². The molecule has 0 saturated carbocycles. The molecule has 0 radical (unpaired) electrons. The number of rotatable bonds is 5. The van der Waals surface area contributed by atoms with E-state index in [1.54, 1.807) is 0 Å². The van der Waals surface area contributed by atoms with Gasteiger partial charge in [-0.1, -0.05) is 6.08 Å². The van der Waals surface area contributed by atoms with Crippen molar-refractivity contribution in [1.29, 1.82) is 0 Å². The highest BCUT2D eigenvalue weighted by Crippen LogP contribution is 2.43. The van der Waals surface area contributed by atoms with Gasteiger partial charge in [-0.05, 0) is 46.2 Å². The lowest BCUT2D eigenvalue weighted by atomic mass is 9.86. The van der Waals surface area contributed by atoms with Gasteiger partial charge in [0.05, 0.1) is 43.1 Å². The van der Waals surface area contributed by atoms with Crippen molar-refractivity contribution in [3.63, 3.8) is 0 Å². The van der Waals surface area contributed by atoms with Gasteiger partial charge in [-0.2, -0.15) is 0 Å². The Balaban J connectivity index is 1.10. The third kappa shape index (κ3) is 5.01. The van der Waals surface area contributed by atoms with Crippen LogP contribution < -0.4 is 21.7 Å². The van der Waals surface area contributed by atoms with Crippen molar-refractivity contribution >= 4 is 5.91 Å². The van der Waals surface area contributed by atoms with Crippen LogP contribution in [0.3, 0.4) is 0 Å². The normalized spacial score (nSPS) is 44.7. The first-order valence-corrected chi connectivity index (χ1v) is 15.2. The molecular weight excluding hydrogens is 485 g/mol. The summed E-state index contributed by atoms with van der Waals surface area (Å²) in [5.41, 5.74) is 7.73. The molecule has 2 bridgehead atoms. The number of amides is 1. The number of nitrogens with one attached hydrogen (secondary N) is 3. The second-order valence-electron chi connectivity index (χ2n) is 13.0. The van der Waals surface area contributed by atoms with E-state index in [4.69, 9.17) is 10.5 Å². The summed E-state index contributed by atoms with van der Waals surface area (Å²) in [7, 11) is 2.17. The number of quaternary nitrogens is 1. The van der Waals surface area contributed by atoms with Gasteiger partial charge in [0.25, 0.3) is 0 Å². The zero-order valence-corrected chi connectivity index (χ0v) is 23.3. The quantitative estimate of drug-likeness (QED) is 0.373. The van der Waals surface area contributed by atoms with E-state index in [2.05, 4.69) is 39.7 Å². The number of carbonyl (C=O) groups is 1. The average Bonchev–Trinajstić information content (AvgIpc) is 3.24. The van der Waals surface area contributed by atoms with Crippen LogP contribution >= 0.6 is 0 Å². The minimum Gasteiger partial charge on any atom is -0.374 e. The first kappa shape index (κ1) is 26.9. The van der Waals surface area contributed by atoms with Gasteiger partial charge in [0, 0.05) is 45.2 Å². The number of carbonyl (C=O) groups excluding carboxylic acids is 1. The number of allylic oxidation sites excluding steroid dienone is 1. The summed E-state index contributed by atoms with van der Waals surface area (Å²) in [6, 6.07) is 0.564. The molecule has 9 nitrogen and oxygen atoms in total. The smallest absolute Gasteiger partial charge is 0.232 e. The van der Waals surface area contributed by atoms with Crippen LogP contribution in [-0.4, -0.2) is 128 Å². The van der Waals surface area contributed by atoms with Crippen LogP contribution in [-0.2, 0) is 9.53 Å². The van der Waals surface area contributed by atoms with Gasteiger partial charge in [0.15, 0.2) is 6.17 Å². The zero-order chi connectivity index (χ0) is 26.4. The molecule has 6 heterocycles. The Morgan fingerprint density at radius 1 is 1.18 bits per heavy atom. The van der Waals surface area contributed by atoms with Crippen LogP contribution in [0, 0.1) is 5.92 Å². The molecule has 0 spiro atoms. The third-order valence-corrected chi connectivity index (χ3v) is 10.7. The molecule has 5 N–H and O–H groups in total. The maximum atomic E-state index is 14.8. The zero-order valence-electron chi connectivity index (χ0n) is 23.3. The first-order valence-electron chi connectivity index (χ1n) is 15.2. The van der Waals surface area contributed by atoms with Crippen LogP contribution in [0.2, 0.25) is 0 Å². The summed E-state index contributed by atoms with van der Waals surface area (Å²) in [5.74, 6) is -0.389. The number of hydrogen-bond acceptors (Lipinski definition) is 7. The number of nitrogens with two attached hydrogens (primary N) is 1. The summed E-state index contributed by atoms with van der Waals surface area (Å²) in [5, 5.41) is 10.4. The molecule has 0 aromatic carbocycles. The fourth-order valence-corrected chi connectivity index (χ4v) is 8.50. The molecule has 0 aliphatic carbocycles. The molecule has 5 saturated heterocycles. The Morgan fingerprint density at radius 2 is 1.97 bits per heavy atom. The van der Waals surface area contributed by atoms with Gasteiger partial charge < -0.3 is 35.8 Å². The molecule has 0 aromatic heterocycles. The molecule has 6 aliphatic heterocycles. The molecule has 38 heavy (non-hydrogen) atoms. The second-order valence-corrected chi connectivity index (χ2v) is 13.0. The second kappa shape index (κ2) is 10.9. The fourth-order valence-electron chi connectivity index (χ4n) is 8.50. The predicted molar refractivity (Wildman–Crippen MR) is 145 cm³/mol. The van der Waals surface area contributed by atoms with E-state index in [0.717, 1.165) is 83.6 Å². The van der Waals surface area contributed by atoms with E-state index in [1.165, 1.54) is 0 Å². The van der Waals surface area contributed by atoms with Gasteiger partial charge in [-0.15, -0.1) is 0 Å². The lowest BCUT2D eigenvalue weighted by Gasteiger charge is -2.56. The molecule has 6 aliphatic rings. The SMILES string of the molecule is CC1C(C(=O)NC2CNCCC2N2CCC(OC3CCN(C)C3)CC2)C(N)NC2=CCC(F)C[N+]13CCC23. The van der Waals surface area contributed by atoms with Crippen LogP contribution in [0.5, 0.6) is 0 Å². The standard InChI is InChI=1S/C28H48FN7O2/c1-18-26(27(30)32-22-4-3-19(29)17-36(18)14-9-25(22)36)28(37)33-23-15-31-10-5-24(23)35-12-7-20(8-13-35)38-21-6-11-34(2)16-21/h4,18-21,23-27,31-32H,3,5-17,30H2,1-2H3/p+1. The molecule has 214 valence electrons. The number of alkyl halides is 1. The maximum Gasteiger partial charge on any atom is 0.232 e. The lowest BCUT2D eigenvalue weighted by Crippen LogP contribution is -2.73. The molecule has 9 atom stereocenters. The number of piperidine rings is 2. The van der Waals surface area contributed by atoms with E-state index in [1.807, 2.05) is 6.08 Å². The van der Waals surface area contributed by atoms with Crippen LogP contribution in [0.25, 0.3) is 0 Å². The number of likely N-dealkylation sites (tertiary alicyclic amines) is 2. The predicted octanol–water partition coefficient (Wildman–Crippen LogP) is 0.126. The number of ether oxygens (including phenoxy) is 1. The Labute approximate surface area is 227 Å². The van der Waals surface area contributed by atoms with Gasteiger partial charge in [-0.25, -0.2) is 4.39 Å². The van der Waals surface area contributed by atoms with E-state index >= 15 is 0 Å². The van der Waals surface area contributed by atoms with Crippen molar-refractivity contribution in [2.75, 3.05) is 59.4 Å². The summed E-state index contributed by atoms with van der Waals surface area (Å²) in [6.07, 6.45) is 7.12. The highest BCUT2D eigenvalue weighted by molar-refractivity contribution is 5.80. The van der Waals surface area contributed by atoms with E-state index in [-0.39, 0.29) is 24.0 Å². The number of nitrogens with zero attached hydrogens (tertiary/aromatic N) is 3. The van der Waals surface area contributed by atoms with Gasteiger partial charge >= 0.3 is 0 Å². The molecule has 1 amide bonds. The highest BCUT2D eigenvalue weighted by atomic mass is 19.1. The molecule has 0 aromatic rings. The molecule has 9 unspecified atom stereocenters. The van der Waals surface area contributed by atoms with Crippen LogP contribution in [0.15, 0.2) is 11.8 Å². The Bertz CT molecular complexity index is 898. The average molecular weight is 535 g/mol. The Hall–Kier alpha value is -1.30. The number of likely N-dealkylation sites (N-methyl/N-ethyl adjacent to an activating group) is 1. The van der Waals surface area contributed by atoms with Crippen molar-refractivity contribution in [3.05, 3.63) is 11.8 Å². The minimum absolute atomic E-state index is 0.0140. The highest BCUT2D eigenvalue weighted by Gasteiger charge is 2.60. The summed E-state index contributed by atoms with van der Waals surface area (Å²) < 4.78 is 21.9. The number of halogens is 1. The van der Waals surface area contributed by atoms with E-state index in [0.29, 0.717) is 35.7 Å². The van der Waals surface area contributed by atoms with Crippen molar-refractivity contribution in [2.45, 2.75) is 94.2 Å². The molecule has 6 rings (SSSR count). The summed E-state index contributed by atoms with van der Waals surface area (Å²) in [4.78, 5) is 18.9. The first-order chi connectivity index (χ1) is 18.3. The van der Waals surface area contributed by atoms with Crippen LogP contribution in [0.1, 0.15) is 45.4 Å². The fraction of sp³-hybridized carbons (Fsp3) is 0.893. The summed E-state index contributed by atoms with van der Waals surface area (Å²) in [6.45, 7) is 9.46. The van der Waals surface area contributed by atoms with Crippen LogP contribution in [0.4, 0.5) is 4.39 Å². The maximum absolute atomic E-state index is 14.8. The van der Waals surface area contributed by atoms with Gasteiger partial charge in [0.2, 0.25) is 5.91 Å². The Kier molecular flexibility index (Phi) is 7.74. The lowest BCUT2D eigenvalue weighted by molar-refractivity contribution is -1.01. The molecular formula is C28H49FN7O2+. The third-order valence-electron chi connectivity index (χ3n) is 10.7. The summed E-state index contributed by atoms with van der Waals surface area (Å²) >= 11 is 0. The van der Waals surface area contributed by atoms with Crippen molar-refractivity contribution in [3.8, 4) is 0 Å². The van der Waals surface area contributed by atoms with Crippen molar-refractivity contribution in [1.82, 2.24) is 25.8 Å². The number of hydrogen-bond donors (Lipinski definition) is 4. The van der Waals surface area contributed by atoms with Gasteiger partial charge in [-0.3, -0.25) is 9.69 Å².